The van der Waals surface area contributed by atoms with Crippen molar-refractivity contribution in [1.82, 2.24) is 20.5 Å². The number of nitrogens with zero attached hydrogens (tertiary/aromatic N) is 3. The fraction of sp³-hybridized carbons (Fsp3) is 0.462. The van der Waals surface area contributed by atoms with E-state index in [0.29, 0.717) is 22.8 Å². The van der Waals surface area contributed by atoms with Crippen molar-refractivity contribution in [2.75, 3.05) is 31.6 Å². The maximum Gasteiger partial charge on any atom is 0.270 e. The summed E-state index contributed by atoms with van der Waals surface area (Å²) >= 11 is 5.86. The summed E-state index contributed by atoms with van der Waals surface area (Å²) in [5.74, 6) is -0.433. The van der Waals surface area contributed by atoms with Crippen LogP contribution in [-0.2, 0) is 4.79 Å². The molecule has 1 aliphatic carbocycles. The molecule has 1 saturated heterocycles. The Morgan fingerprint density at radius 2 is 1.57 bits per heavy atom. The van der Waals surface area contributed by atoms with Crippen LogP contribution >= 0.6 is 11.6 Å². The van der Waals surface area contributed by atoms with Gasteiger partial charge in [0, 0.05) is 36.6 Å². The zero-order valence-electron chi connectivity index (χ0n) is 20.0. The van der Waals surface area contributed by atoms with Crippen molar-refractivity contribution >= 4 is 35.0 Å². The summed E-state index contributed by atoms with van der Waals surface area (Å²) in [5, 5.41) is 6.58. The predicted molar refractivity (Wildman–Crippen MR) is 136 cm³/mol. The highest BCUT2D eigenvalue weighted by atomic mass is 35.5. The van der Waals surface area contributed by atoms with Crippen LogP contribution in [0, 0.1) is 0 Å². The number of carbonyl (C=O) groups excluding carboxylic acids is 3. The van der Waals surface area contributed by atoms with Gasteiger partial charge in [0.15, 0.2) is 0 Å². The Bertz CT molecular complexity index is 1040. The Balaban J connectivity index is 1.34. The SMILES string of the molecule is CN(C(=O)CN1CCCC1)c1ccc(C(=O)NC2CCCCC2NC(=O)c2ccc(Cl)cn2)cc1. The number of likely N-dealkylation sites (N-methyl/N-ethyl adjacent to an activating group) is 1. The molecule has 1 aromatic heterocycles. The number of pyridine rings is 1. The largest absolute Gasteiger partial charge is 0.347 e. The average Bonchev–Trinajstić information content (AvgIpc) is 3.38. The fourth-order valence-electron chi connectivity index (χ4n) is 4.70. The Hall–Kier alpha value is -2.97. The van der Waals surface area contributed by atoms with Crippen molar-refractivity contribution in [2.24, 2.45) is 0 Å². The quantitative estimate of drug-likeness (QED) is 0.612. The number of halogens is 1. The van der Waals surface area contributed by atoms with Crippen LogP contribution in [0.25, 0.3) is 0 Å². The molecule has 35 heavy (non-hydrogen) atoms. The number of nitrogens with one attached hydrogen (secondary N) is 2. The number of benzene rings is 1. The molecule has 0 bridgehead atoms. The summed E-state index contributed by atoms with van der Waals surface area (Å²) in [6.07, 6.45) is 7.27. The van der Waals surface area contributed by atoms with Crippen LogP contribution in [-0.4, -0.2) is 66.4 Å². The first-order valence-electron chi connectivity index (χ1n) is 12.2. The highest BCUT2D eigenvalue weighted by Gasteiger charge is 2.29. The molecule has 2 atom stereocenters. The zero-order chi connectivity index (χ0) is 24.8. The van der Waals surface area contributed by atoms with Crippen LogP contribution in [0.2, 0.25) is 5.02 Å². The van der Waals surface area contributed by atoms with E-state index < -0.39 is 0 Å². The van der Waals surface area contributed by atoms with E-state index in [-0.39, 0.29) is 29.8 Å². The van der Waals surface area contributed by atoms with Crippen molar-refractivity contribution in [3.8, 4) is 0 Å². The van der Waals surface area contributed by atoms with Gasteiger partial charge in [-0.2, -0.15) is 0 Å². The number of aromatic nitrogens is 1. The third-order valence-electron chi connectivity index (χ3n) is 6.81. The number of hydrogen-bond donors (Lipinski definition) is 2. The summed E-state index contributed by atoms with van der Waals surface area (Å²) < 4.78 is 0. The van der Waals surface area contributed by atoms with Gasteiger partial charge in [0.2, 0.25) is 5.91 Å². The minimum atomic E-state index is -0.279. The third-order valence-corrected chi connectivity index (χ3v) is 7.03. The summed E-state index contributed by atoms with van der Waals surface area (Å²) in [6.45, 7) is 2.36. The Labute approximate surface area is 211 Å². The Kier molecular flexibility index (Phi) is 8.36. The minimum Gasteiger partial charge on any atom is -0.347 e. The molecule has 3 amide bonds. The molecule has 2 unspecified atom stereocenters. The second kappa shape index (κ2) is 11.6. The van der Waals surface area contributed by atoms with E-state index in [4.69, 9.17) is 11.6 Å². The predicted octanol–water partition coefficient (Wildman–Crippen LogP) is 3.26. The number of carbonyl (C=O) groups is 3. The van der Waals surface area contributed by atoms with Crippen LogP contribution in [0.15, 0.2) is 42.6 Å². The van der Waals surface area contributed by atoms with Gasteiger partial charge >= 0.3 is 0 Å². The van der Waals surface area contributed by atoms with Crippen LogP contribution in [0.3, 0.4) is 0 Å². The molecule has 2 N–H and O–H groups in total. The first-order chi connectivity index (χ1) is 16.9. The van der Waals surface area contributed by atoms with Gasteiger partial charge in [0.05, 0.1) is 11.6 Å². The Morgan fingerprint density at radius 1 is 0.943 bits per heavy atom. The second-order valence-electron chi connectivity index (χ2n) is 9.29. The fourth-order valence-corrected chi connectivity index (χ4v) is 4.81. The first-order valence-corrected chi connectivity index (χ1v) is 12.6. The monoisotopic (exact) mass is 497 g/mol. The van der Waals surface area contributed by atoms with E-state index in [1.54, 1.807) is 48.3 Å². The van der Waals surface area contributed by atoms with E-state index in [1.807, 2.05) is 0 Å². The van der Waals surface area contributed by atoms with E-state index >= 15 is 0 Å². The van der Waals surface area contributed by atoms with Gasteiger partial charge in [0.1, 0.15) is 5.69 Å². The van der Waals surface area contributed by atoms with Crippen LogP contribution in [0.5, 0.6) is 0 Å². The molecule has 1 aliphatic heterocycles. The maximum absolute atomic E-state index is 13.0. The molecule has 0 spiro atoms. The summed E-state index contributed by atoms with van der Waals surface area (Å²) in [7, 11) is 1.76. The van der Waals surface area contributed by atoms with Gasteiger partial charge in [-0.1, -0.05) is 24.4 Å². The van der Waals surface area contributed by atoms with Crippen molar-refractivity contribution in [2.45, 2.75) is 50.6 Å². The van der Waals surface area contributed by atoms with Gasteiger partial charge in [-0.05, 0) is 75.2 Å². The van der Waals surface area contributed by atoms with Crippen LogP contribution in [0.1, 0.15) is 59.4 Å². The van der Waals surface area contributed by atoms with Gasteiger partial charge < -0.3 is 15.5 Å². The molecular formula is C26H32ClN5O3. The standard InChI is InChI=1S/C26H32ClN5O3/c1-31(24(33)17-32-14-4-5-15-32)20-11-8-18(9-12-20)25(34)29-21-6-2-3-7-22(21)30-26(35)23-13-10-19(27)16-28-23/h8-13,16,21-22H,2-7,14-15,17H2,1H3,(H,29,34)(H,30,35). The number of rotatable bonds is 7. The molecule has 2 fully saturated rings. The molecular weight excluding hydrogens is 466 g/mol. The molecule has 186 valence electrons. The molecule has 2 aliphatic rings. The molecule has 8 nitrogen and oxygen atoms in total. The van der Waals surface area contributed by atoms with Gasteiger partial charge in [0.25, 0.3) is 11.8 Å². The topological polar surface area (TPSA) is 94.6 Å². The highest BCUT2D eigenvalue weighted by molar-refractivity contribution is 6.30. The molecule has 2 heterocycles. The maximum atomic E-state index is 13.0. The molecule has 1 aromatic carbocycles. The highest BCUT2D eigenvalue weighted by Crippen LogP contribution is 2.21. The Morgan fingerprint density at radius 3 is 2.17 bits per heavy atom. The van der Waals surface area contributed by atoms with E-state index in [1.165, 1.54) is 6.20 Å². The summed E-state index contributed by atoms with van der Waals surface area (Å²) in [6, 6.07) is 9.93. The summed E-state index contributed by atoms with van der Waals surface area (Å²) in [4.78, 5) is 46.1. The summed E-state index contributed by atoms with van der Waals surface area (Å²) in [5.41, 5.74) is 1.57. The average molecular weight is 498 g/mol. The molecule has 0 radical (unpaired) electrons. The molecule has 2 aromatic rings. The molecule has 1 saturated carbocycles. The van der Waals surface area contributed by atoms with E-state index in [2.05, 4.69) is 20.5 Å². The smallest absolute Gasteiger partial charge is 0.270 e. The molecule has 9 heteroatoms. The van der Waals surface area contributed by atoms with Crippen molar-refractivity contribution in [1.29, 1.82) is 0 Å². The molecule has 4 rings (SSSR count). The number of hydrogen-bond acceptors (Lipinski definition) is 5. The first kappa shape index (κ1) is 25.1. The van der Waals surface area contributed by atoms with Gasteiger partial charge in [-0.3, -0.25) is 19.3 Å². The zero-order valence-corrected chi connectivity index (χ0v) is 20.8. The van der Waals surface area contributed by atoms with E-state index in [9.17, 15) is 14.4 Å². The van der Waals surface area contributed by atoms with Crippen molar-refractivity contribution < 1.29 is 14.4 Å². The lowest BCUT2D eigenvalue weighted by molar-refractivity contribution is -0.119. The van der Waals surface area contributed by atoms with Crippen molar-refractivity contribution in [3.05, 3.63) is 58.9 Å². The van der Waals surface area contributed by atoms with Crippen molar-refractivity contribution in [3.63, 3.8) is 0 Å². The number of anilines is 1. The van der Waals surface area contributed by atoms with Gasteiger partial charge in [-0.15, -0.1) is 0 Å². The van der Waals surface area contributed by atoms with Crippen LogP contribution in [0.4, 0.5) is 5.69 Å². The van der Waals surface area contributed by atoms with Crippen LogP contribution < -0.4 is 15.5 Å². The van der Waals surface area contributed by atoms with E-state index in [0.717, 1.165) is 57.3 Å². The lowest BCUT2D eigenvalue weighted by atomic mass is 9.90. The third kappa shape index (κ3) is 6.58. The lowest BCUT2D eigenvalue weighted by Gasteiger charge is -2.32. The minimum absolute atomic E-state index is 0.0417. The lowest BCUT2D eigenvalue weighted by Crippen LogP contribution is -2.53. The van der Waals surface area contributed by atoms with Gasteiger partial charge in [-0.25, -0.2) is 4.98 Å². The number of likely N-dealkylation sites (tertiary alicyclic amines) is 1. The number of amides is 3. The normalized spacial score (nSPS) is 20.3. The second-order valence-corrected chi connectivity index (χ2v) is 9.73.